The lowest BCUT2D eigenvalue weighted by Crippen LogP contribution is -2.36. The predicted molar refractivity (Wildman–Crippen MR) is 353 cm³/mol. The van der Waals surface area contributed by atoms with Gasteiger partial charge in [0.05, 0.1) is 51.5 Å². The highest BCUT2D eigenvalue weighted by Crippen LogP contribution is 2.66. The number of hydrogen-bond acceptors (Lipinski definition) is 18. The second-order valence-corrected chi connectivity index (χ2v) is 26.0. The van der Waals surface area contributed by atoms with E-state index in [0.717, 1.165) is 55.7 Å². The summed E-state index contributed by atoms with van der Waals surface area (Å²) in [5.41, 5.74) is 10.6. The number of carbonyl (C=O) groups is 2. The molecule has 4 heterocycles. The molecule has 18 nitrogen and oxygen atoms in total. The van der Waals surface area contributed by atoms with Gasteiger partial charge in [-0.2, -0.15) is 0 Å². The first-order valence-electron chi connectivity index (χ1n) is 31.9. The van der Waals surface area contributed by atoms with Crippen LogP contribution in [-0.2, 0) is 28.5 Å². The van der Waals surface area contributed by atoms with Crippen molar-refractivity contribution in [1.82, 2.24) is 0 Å². The molecule has 0 aromatic heterocycles. The van der Waals surface area contributed by atoms with Crippen molar-refractivity contribution in [3.8, 4) is 69.0 Å². The van der Waals surface area contributed by atoms with Gasteiger partial charge in [-0.15, -0.1) is 0 Å². The van der Waals surface area contributed by atoms with Crippen LogP contribution in [0.3, 0.4) is 0 Å². The molecular formula is C78H76O18. The molecule has 4 aliphatic heterocycles. The van der Waals surface area contributed by atoms with Gasteiger partial charge in [-0.25, -0.2) is 0 Å². The van der Waals surface area contributed by atoms with Crippen LogP contribution in [0.4, 0.5) is 0 Å². The smallest absolute Gasteiger partial charge is 0.175 e. The third-order valence-electron chi connectivity index (χ3n) is 20.5. The maximum atomic E-state index is 14.9. The van der Waals surface area contributed by atoms with Gasteiger partial charge in [0.2, 0.25) is 0 Å². The van der Waals surface area contributed by atoms with Crippen LogP contribution in [0, 0.1) is 38.5 Å². The Morgan fingerprint density at radius 2 is 0.594 bits per heavy atom. The summed E-state index contributed by atoms with van der Waals surface area (Å²) in [4.78, 5) is 29.7. The van der Waals surface area contributed by atoms with Crippen LogP contribution in [0.2, 0.25) is 0 Å². The van der Waals surface area contributed by atoms with Crippen LogP contribution in [0.1, 0.15) is 154 Å². The molecule has 2 saturated heterocycles. The highest BCUT2D eigenvalue weighted by atomic mass is 16.5. The minimum atomic E-state index is -1.02. The number of methoxy groups -OCH3 is 4. The second kappa shape index (κ2) is 25.3. The van der Waals surface area contributed by atoms with Gasteiger partial charge in [0.1, 0.15) is 59.6 Å². The average Bonchev–Trinajstić information content (AvgIpc) is 1.53. The molecule has 6 aliphatic rings. The summed E-state index contributed by atoms with van der Waals surface area (Å²) >= 11 is 0. The number of carbonyl (C=O) groups excluding carboxylic acids is 2. The van der Waals surface area contributed by atoms with Crippen molar-refractivity contribution in [2.45, 2.75) is 115 Å². The van der Waals surface area contributed by atoms with Crippen LogP contribution in [0.5, 0.6) is 69.0 Å². The van der Waals surface area contributed by atoms with Crippen LogP contribution in [0.15, 0.2) is 168 Å². The maximum Gasteiger partial charge on any atom is 0.175 e. The lowest BCUT2D eigenvalue weighted by Gasteiger charge is -2.38. The Balaban J connectivity index is 0.000000174. The molecule has 0 bridgehead atoms. The van der Waals surface area contributed by atoms with Gasteiger partial charge in [-0.1, -0.05) is 48.5 Å². The first kappa shape index (κ1) is 64.7. The van der Waals surface area contributed by atoms with Gasteiger partial charge in [-0.3, -0.25) is 9.59 Å². The molecular weight excluding hydrogens is 1220 g/mol. The fraction of sp³-hybridized carbons (Fsp3) is 0.308. The third-order valence-corrected chi connectivity index (χ3v) is 20.5. The summed E-state index contributed by atoms with van der Waals surface area (Å²) in [7, 11) is 5.94. The van der Waals surface area contributed by atoms with Crippen molar-refractivity contribution in [3.05, 3.63) is 235 Å². The Labute approximate surface area is 555 Å². The molecule has 0 radical (unpaired) electrons. The number of phenols is 8. The molecule has 8 aromatic rings. The van der Waals surface area contributed by atoms with Crippen LogP contribution in [0.25, 0.3) is 0 Å². The summed E-state index contributed by atoms with van der Waals surface area (Å²) < 4.78 is 48.6. The topological polar surface area (TPSA) is 270 Å². The summed E-state index contributed by atoms with van der Waals surface area (Å²) in [5.74, 6) is 1.65. The van der Waals surface area contributed by atoms with Crippen molar-refractivity contribution in [2.75, 3.05) is 28.4 Å². The third kappa shape index (κ3) is 11.1. The van der Waals surface area contributed by atoms with E-state index >= 15 is 0 Å². The summed E-state index contributed by atoms with van der Waals surface area (Å²) in [5, 5.41) is 83.3. The van der Waals surface area contributed by atoms with Crippen molar-refractivity contribution in [3.63, 3.8) is 0 Å². The van der Waals surface area contributed by atoms with Gasteiger partial charge in [0.15, 0.2) is 57.6 Å². The zero-order chi connectivity index (χ0) is 67.8. The van der Waals surface area contributed by atoms with Gasteiger partial charge in [-0.05, 0) is 252 Å². The summed E-state index contributed by atoms with van der Waals surface area (Å²) in [6, 6.07) is 41.5. The number of benzene rings is 8. The molecule has 96 heavy (non-hydrogen) atoms. The average molecular weight is 1300 g/mol. The lowest BCUT2D eigenvalue weighted by atomic mass is 9.63. The summed E-state index contributed by atoms with van der Waals surface area (Å²) in [6.45, 7) is 7.25. The van der Waals surface area contributed by atoms with Gasteiger partial charge >= 0.3 is 0 Å². The molecule has 496 valence electrons. The molecule has 18 heteroatoms. The fourth-order valence-electron chi connectivity index (χ4n) is 15.3. The number of phenolic OH excluding ortho intramolecular Hbond substituents is 8. The number of ether oxygens (including phenoxy) is 8. The normalized spacial score (nSPS) is 25.0. The SMILES string of the molecule is COc1ccc([C@@H]2O[C@H](c3ccc(O)c(C)c3)C(=O)[C@@]23CCC2=C(C3)[C@@H](c3ccc(O)c(OC)c3)O[C@H]2c2ccc(O)c(C)c2)cc1O.COc1ccc([C@@H]2O[C@H](c3ccc(O)c(C)c3)C(=O)[C@]23CCC2=C(C3)[C@@H](c3ccc(O)c(OC)c3)O[C@H]2c2ccc(O)c(C)c2)cc1O. The molecule has 8 N–H and O–H groups in total. The first-order chi connectivity index (χ1) is 46.1. The highest BCUT2D eigenvalue weighted by molar-refractivity contribution is 5.94. The second-order valence-electron chi connectivity index (χ2n) is 26.0. The minimum absolute atomic E-state index is 0.00468. The first-order valence-corrected chi connectivity index (χ1v) is 31.9. The fourth-order valence-corrected chi connectivity index (χ4v) is 15.3. The molecule has 2 fully saturated rings. The van der Waals surface area contributed by atoms with Gasteiger partial charge in [0.25, 0.3) is 0 Å². The Bertz CT molecular complexity index is 4210. The monoisotopic (exact) mass is 1300 g/mol. The van der Waals surface area contributed by atoms with Crippen LogP contribution >= 0.6 is 0 Å². The van der Waals surface area contributed by atoms with Crippen LogP contribution in [-0.4, -0.2) is 80.9 Å². The summed E-state index contributed by atoms with van der Waals surface area (Å²) in [6.07, 6.45) is -2.48. The van der Waals surface area contributed by atoms with E-state index in [0.29, 0.717) is 94.9 Å². The Morgan fingerprint density at radius 1 is 0.312 bits per heavy atom. The quantitative estimate of drug-likeness (QED) is 0.0528. The van der Waals surface area contributed by atoms with Gasteiger partial charge < -0.3 is 78.7 Å². The van der Waals surface area contributed by atoms with E-state index in [1.54, 1.807) is 123 Å². The maximum absolute atomic E-state index is 14.9. The molecule has 2 aliphatic carbocycles. The van der Waals surface area contributed by atoms with E-state index in [1.807, 2.05) is 50.2 Å². The number of hydrogen-bond donors (Lipinski definition) is 8. The lowest BCUT2D eigenvalue weighted by molar-refractivity contribution is -0.129. The van der Waals surface area contributed by atoms with E-state index < -0.39 is 59.7 Å². The van der Waals surface area contributed by atoms with E-state index in [1.165, 1.54) is 28.4 Å². The van der Waals surface area contributed by atoms with Gasteiger partial charge in [0, 0.05) is 0 Å². The standard InChI is InChI=1S/2C39H38O9/c2*1-20-15-22(5-9-28(20)40)34-26-13-14-39(19-27(26)35(47-34)24-7-11-30(42)33(18-24)46-4)37(44)36(23-6-10-29(41)21(2)16-23)48-38(39)25-8-12-32(45-3)31(43)17-25/h2*5-12,15-18,34-36,38,40-43H,13-14,19H2,1-4H3/t34-,35+,36+,38-,39+;34-,35+,36+,38-,39-/m00/s1. The number of rotatable bonds is 12. The molecule has 0 saturated carbocycles. The zero-order valence-corrected chi connectivity index (χ0v) is 54.4. The number of Topliss-reactive ketones (excluding diaryl/α,β-unsaturated/α-hetero) is 2. The number of ketones is 2. The van der Waals surface area contributed by atoms with E-state index in [2.05, 4.69) is 0 Å². The van der Waals surface area contributed by atoms with Crippen molar-refractivity contribution in [1.29, 1.82) is 0 Å². The molecule has 8 aromatic carbocycles. The van der Waals surface area contributed by atoms with Crippen molar-refractivity contribution in [2.24, 2.45) is 10.8 Å². The van der Waals surface area contributed by atoms with Crippen LogP contribution < -0.4 is 18.9 Å². The zero-order valence-electron chi connectivity index (χ0n) is 54.4. The minimum Gasteiger partial charge on any atom is -0.508 e. The molecule has 14 rings (SSSR count). The van der Waals surface area contributed by atoms with Crippen molar-refractivity contribution < 1.29 is 88.3 Å². The number of aryl methyl sites for hydroxylation is 4. The number of aromatic hydroxyl groups is 8. The highest BCUT2D eigenvalue weighted by Gasteiger charge is 2.62. The Morgan fingerprint density at radius 3 is 0.896 bits per heavy atom. The molecule has 2 spiro atoms. The Kier molecular flexibility index (Phi) is 17.1. The van der Waals surface area contributed by atoms with E-state index in [-0.39, 0.29) is 57.6 Å². The van der Waals surface area contributed by atoms with E-state index in [9.17, 15) is 50.4 Å². The molecule has 0 unspecified atom stereocenters. The van der Waals surface area contributed by atoms with Crippen molar-refractivity contribution >= 4 is 11.6 Å². The molecule has 10 atom stereocenters. The largest absolute Gasteiger partial charge is 0.508 e. The van der Waals surface area contributed by atoms with E-state index in [4.69, 9.17) is 37.9 Å². The molecule has 0 amide bonds. The predicted octanol–water partition coefficient (Wildman–Crippen LogP) is 15.0. The Hall–Kier alpha value is -9.98.